The molecule has 1 saturated heterocycles. The van der Waals surface area contributed by atoms with Crippen LogP contribution in [0.15, 0.2) is 26.2 Å². The van der Waals surface area contributed by atoms with Crippen LogP contribution in [0.3, 0.4) is 0 Å². The Morgan fingerprint density at radius 3 is 2.48 bits per heavy atom. The quantitative estimate of drug-likeness (QED) is 0.666. The standard InChI is InChI=1S/C17H23BrN4O3S2/c1-12(11-22-14(3)16(18)13(2)19-22)17(23)20-6-8-21(9-7-20)27(24,25)15-5-4-10-26-15/h4-5,10,12H,6-9,11H2,1-3H3. The molecule has 1 fully saturated rings. The van der Waals surface area contributed by atoms with Gasteiger partial charge in [-0.05, 0) is 41.2 Å². The van der Waals surface area contributed by atoms with Gasteiger partial charge >= 0.3 is 0 Å². The molecule has 3 rings (SSSR count). The molecule has 7 nitrogen and oxygen atoms in total. The topological polar surface area (TPSA) is 75.5 Å². The molecule has 148 valence electrons. The first-order valence-corrected chi connectivity index (χ1v) is 11.8. The number of nitrogens with zero attached hydrogens (tertiary/aromatic N) is 4. The number of amides is 1. The number of aromatic nitrogens is 2. The van der Waals surface area contributed by atoms with Crippen molar-refractivity contribution in [3.8, 4) is 0 Å². The Kier molecular flexibility index (Phi) is 6.09. The summed E-state index contributed by atoms with van der Waals surface area (Å²) in [5.74, 6) is -0.192. The second-order valence-corrected chi connectivity index (χ2v) is 10.6. The van der Waals surface area contributed by atoms with Crippen LogP contribution >= 0.6 is 27.3 Å². The van der Waals surface area contributed by atoms with Crippen molar-refractivity contribution in [1.82, 2.24) is 19.0 Å². The van der Waals surface area contributed by atoms with Gasteiger partial charge in [0, 0.05) is 31.9 Å². The van der Waals surface area contributed by atoms with Crippen LogP contribution in [0, 0.1) is 19.8 Å². The van der Waals surface area contributed by atoms with Crippen LogP contribution in [0.2, 0.25) is 0 Å². The maximum absolute atomic E-state index is 12.8. The van der Waals surface area contributed by atoms with Crippen molar-refractivity contribution >= 4 is 43.2 Å². The van der Waals surface area contributed by atoms with Gasteiger partial charge in [-0.15, -0.1) is 11.3 Å². The van der Waals surface area contributed by atoms with E-state index < -0.39 is 10.0 Å². The highest BCUT2D eigenvalue weighted by molar-refractivity contribution is 9.10. The number of sulfonamides is 1. The van der Waals surface area contributed by atoms with E-state index in [1.807, 2.05) is 25.5 Å². The summed E-state index contributed by atoms with van der Waals surface area (Å²) in [6.07, 6.45) is 0. The summed E-state index contributed by atoms with van der Waals surface area (Å²) in [4.78, 5) is 14.6. The van der Waals surface area contributed by atoms with Gasteiger partial charge < -0.3 is 4.90 Å². The Bertz CT molecular complexity index is 916. The van der Waals surface area contributed by atoms with Crippen molar-refractivity contribution in [2.24, 2.45) is 5.92 Å². The summed E-state index contributed by atoms with van der Waals surface area (Å²) < 4.78 is 29.8. The van der Waals surface area contributed by atoms with Gasteiger partial charge in [0.1, 0.15) is 4.21 Å². The number of hydrogen-bond acceptors (Lipinski definition) is 5. The number of thiophene rings is 1. The molecule has 1 atom stereocenters. The van der Waals surface area contributed by atoms with E-state index in [4.69, 9.17) is 0 Å². The van der Waals surface area contributed by atoms with Crippen molar-refractivity contribution in [3.05, 3.63) is 33.4 Å². The first-order chi connectivity index (χ1) is 12.7. The van der Waals surface area contributed by atoms with Crippen LogP contribution < -0.4 is 0 Å². The Morgan fingerprint density at radius 2 is 1.96 bits per heavy atom. The highest BCUT2D eigenvalue weighted by atomic mass is 79.9. The summed E-state index contributed by atoms with van der Waals surface area (Å²) in [5.41, 5.74) is 1.90. The summed E-state index contributed by atoms with van der Waals surface area (Å²) in [5, 5.41) is 6.22. The zero-order valence-electron chi connectivity index (χ0n) is 15.6. The molecule has 0 aromatic carbocycles. The molecule has 1 aliphatic rings. The predicted octanol–water partition coefficient (Wildman–Crippen LogP) is 2.49. The molecule has 1 amide bonds. The maximum Gasteiger partial charge on any atom is 0.252 e. The zero-order chi connectivity index (χ0) is 19.8. The van der Waals surface area contributed by atoms with Gasteiger partial charge in [-0.1, -0.05) is 13.0 Å². The van der Waals surface area contributed by atoms with E-state index >= 15 is 0 Å². The Hall–Kier alpha value is -1.23. The molecule has 1 aliphatic heterocycles. The second-order valence-electron chi connectivity index (χ2n) is 6.73. The number of halogens is 1. The number of carbonyl (C=O) groups is 1. The number of piperazine rings is 1. The maximum atomic E-state index is 12.8. The molecule has 27 heavy (non-hydrogen) atoms. The third-order valence-electron chi connectivity index (χ3n) is 4.80. The normalized spacial score (nSPS) is 17.3. The molecule has 2 aromatic heterocycles. The van der Waals surface area contributed by atoms with E-state index in [-0.39, 0.29) is 11.8 Å². The van der Waals surface area contributed by atoms with Crippen LogP contribution in [-0.2, 0) is 21.4 Å². The summed E-state index contributed by atoms with van der Waals surface area (Å²) in [6, 6.07) is 3.35. The smallest absolute Gasteiger partial charge is 0.252 e. The second kappa shape index (κ2) is 8.02. The van der Waals surface area contributed by atoms with Gasteiger partial charge in [-0.2, -0.15) is 9.40 Å². The number of rotatable bonds is 5. The minimum Gasteiger partial charge on any atom is -0.340 e. The van der Waals surface area contributed by atoms with Crippen molar-refractivity contribution in [2.45, 2.75) is 31.5 Å². The summed E-state index contributed by atoms with van der Waals surface area (Å²) in [6.45, 7) is 7.76. The lowest BCUT2D eigenvalue weighted by atomic mass is 10.1. The molecule has 0 N–H and O–H groups in total. The van der Waals surface area contributed by atoms with E-state index in [0.717, 1.165) is 15.9 Å². The van der Waals surface area contributed by atoms with E-state index in [1.165, 1.54) is 15.6 Å². The minimum atomic E-state index is -3.45. The molecular formula is C17H23BrN4O3S2. The fourth-order valence-corrected chi connectivity index (χ4v) is 6.04. The first kappa shape index (κ1) is 20.5. The Morgan fingerprint density at radius 1 is 1.30 bits per heavy atom. The van der Waals surface area contributed by atoms with Gasteiger partial charge in [0.15, 0.2) is 0 Å². The lowest BCUT2D eigenvalue weighted by molar-refractivity contribution is -0.136. The number of aryl methyl sites for hydroxylation is 1. The number of hydrogen-bond donors (Lipinski definition) is 0. The lowest BCUT2D eigenvalue weighted by Crippen LogP contribution is -2.51. The van der Waals surface area contributed by atoms with Crippen LogP contribution in [0.4, 0.5) is 0 Å². The first-order valence-electron chi connectivity index (χ1n) is 8.73. The van der Waals surface area contributed by atoms with E-state index in [2.05, 4.69) is 21.0 Å². The van der Waals surface area contributed by atoms with Crippen LogP contribution in [0.25, 0.3) is 0 Å². The van der Waals surface area contributed by atoms with Crippen LogP contribution in [0.1, 0.15) is 18.3 Å². The molecule has 0 aliphatic carbocycles. The molecule has 2 aromatic rings. The predicted molar refractivity (Wildman–Crippen MR) is 108 cm³/mol. The third kappa shape index (κ3) is 4.13. The average molecular weight is 475 g/mol. The fraction of sp³-hybridized carbons (Fsp3) is 0.529. The SMILES string of the molecule is Cc1nn(CC(C)C(=O)N2CCN(S(=O)(=O)c3cccs3)CC2)c(C)c1Br. The van der Waals surface area contributed by atoms with E-state index in [1.54, 1.807) is 22.4 Å². The molecule has 0 bridgehead atoms. The molecule has 1 unspecified atom stereocenters. The van der Waals surface area contributed by atoms with Crippen molar-refractivity contribution in [3.63, 3.8) is 0 Å². The molecule has 0 spiro atoms. The summed E-state index contributed by atoms with van der Waals surface area (Å²) in [7, 11) is -3.45. The van der Waals surface area contributed by atoms with Crippen molar-refractivity contribution < 1.29 is 13.2 Å². The summed E-state index contributed by atoms with van der Waals surface area (Å²) >= 11 is 4.72. The minimum absolute atomic E-state index is 0.0341. The van der Waals surface area contributed by atoms with Crippen molar-refractivity contribution in [2.75, 3.05) is 26.2 Å². The number of carbonyl (C=O) groups excluding carboxylic acids is 1. The third-order valence-corrected chi connectivity index (χ3v) is 9.22. The van der Waals surface area contributed by atoms with Crippen molar-refractivity contribution in [1.29, 1.82) is 0 Å². The fourth-order valence-electron chi connectivity index (χ4n) is 3.19. The molecule has 0 radical (unpaired) electrons. The Labute approximate surface area is 172 Å². The van der Waals surface area contributed by atoms with Gasteiger partial charge in [-0.25, -0.2) is 8.42 Å². The van der Waals surface area contributed by atoms with Gasteiger partial charge in [0.05, 0.1) is 22.6 Å². The van der Waals surface area contributed by atoms with Gasteiger partial charge in [0.2, 0.25) is 5.91 Å². The zero-order valence-corrected chi connectivity index (χ0v) is 18.8. The average Bonchev–Trinajstić information content (AvgIpc) is 3.27. The van der Waals surface area contributed by atoms with Gasteiger partial charge in [-0.3, -0.25) is 9.48 Å². The molecule has 10 heteroatoms. The van der Waals surface area contributed by atoms with Crippen LogP contribution in [-0.4, -0.2) is 59.5 Å². The molecule has 0 saturated carbocycles. The Balaban J connectivity index is 1.60. The lowest BCUT2D eigenvalue weighted by Gasteiger charge is -2.35. The van der Waals surface area contributed by atoms with E-state index in [0.29, 0.717) is 36.9 Å². The highest BCUT2D eigenvalue weighted by Gasteiger charge is 2.32. The van der Waals surface area contributed by atoms with Crippen LogP contribution in [0.5, 0.6) is 0 Å². The largest absolute Gasteiger partial charge is 0.340 e. The molecule has 3 heterocycles. The van der Waals surface area contributed by atoms with E-state index in [9.17, 15) is 13.2 Å². The molecular weight excluding hydrogens is 452 g/mol. The highest BCUT2D eigenvalue weighted by Crippen LogP contribution is 2.23. The van der Waals surface area contributed by atoms with Gasteiger partial charge in [0.25, 0.3) is 10.0 Å². The monoisotopic (exact) mass is 474 g/mol.